The molecule has 3 aromatic rings. The lowest BCUT2D eigenvalue weighted by Gasteiger charge is -2.24. The number of halogens is 3. The lowest BCUT2D eigenvalue weighted by molar-refractivity contribution is -0.122. The van der Waals surface area contributed by atoms with Crippen molar-refractivity contribution < 1.29 is 17.6 Å². The Morgan fingerprint density at radius 3 is 2.31 bits per heavy atom. The summed E-state index contributed by atoms with van der Waals surface area (Å²) in [5.41, 5.74) is 1.28. The Labute approximate surface area is 200 Å². The fourth-order valence-corrected chi connectivity index (χ4v) is 4.91. The summed E-state index contributed by atoms with van der Waals surface area (Å²) in [6.45, 7) is 1.26. The molecule has 1 N–H and O–H groups in total. The second-order valence-corrected chi connectivity index (χ2v) is 10.4. The maximum Gasteiger partial charge on any atom is 0.243 e. The summed E-state index contributed by atoms with van der Waals surface area (Å²) in [5.74, 6) is -0.867. The van der Waals surface area contributed by atoms with Gasteiger partial charge in [-0.25, -0.2) is 12.8 Å². The van der Waals surface area contributed by atoms with Crippen molar-refractivity contribution >= 4 is 43.5 Å². The zero-order valence-electron chi connectivity index (χ0n) is 17.1. The van der Waals surface area contributed by atoms with Gasteiger partial charge in [-0.2, -0.15) is 4.31 Å². The molecule has 0 aliphatic carbocycles. The minimum absolute atomic E-state index is 0.0622. The number of hydrogen-bond acceptors (Lipinski definition) is 3. The second kappa shape index (κ2) is 10.6. The number of rotatable bonds is 8. The Bertz CT molecular complexity index is 1190. The lowest BCUT2D eigenvalue weighted by Crippen LogP contribution is -2.41. The Hall–Kier alpha value is -2.26. The summed E-state index contributed by atoms with van der Waals surface area (Å²) in [6.07, 6.45) is 0. The third kappa shape index (κ3) is 6.16. The molecule has 5 nitrogen and oxygen atoms in total. The van der Waals surface area contributed by atoms with E-state index in [9.17, 15) is 17.6 Å². The molecule has 0 unspecified atom stereocenters. The van der Waals surface area contributed by atoms with Gasteiger partial charge in [0, 0.05) is 16.0 Å². The summed E-state index contributed by atoms with van der Waals surface area (Å²) in [4.78, 5) is 12.8. The van der Waals surface area contributed by atoms with E-state index in [4.69, 9.17) is 11.6 Å². The largest absolute Gasteiger partial charge is 0.348 e. The molecule has 32 heavy (non-hydrogen) atoms. The Morgan fingerprint density at radius 1 is 1.06 bits per heavy atom. The van der Waals surface area contributed by atoms with Crippen molar-refractivity contribution in [1.82, 2.24) is 9.62 Å². The molecule has 0 spiro atoms. The Kier molecular flexibility index (Phi) is 8.05. The van der Waals surface area contributed by atoms with Crippen LogP contribution in [0.2, 0.25) is 5.02 Å². The van der Waals surface area contributed by atoms with Crippen molar-refractivity contribution in [2.24, 2.45) is 0 Å². The van der Waals surface area contributed by atoms with Crippen LogP contribution in [0.4, 0.5) is 4.39 Å². The number of hydrogen-bond donors (Lipinski definition) is 1. The summed E-state index contributed by atoms with van der Waals surface area (Å²) in [7, 11) is -3.99. The van der Waals surface area contributed by atoms with Crippen LogP contribution in [0.3, 0.4) is 0 Å². The third-order valence-corrected chi connectivity index (χ3v) is 7.53. The molecule has 3 aromatic carbocycles. The first-order valence-electron chi connectivity index (χ1n) is 9.71. The molecule has 0 aliphatic rings. The van der Waals surface area contributed by atoms with E-state index in [1.54, 1.807) is 55.5 Å². The summed E-state index contributed by atoms with van der Waals surface area (Å²) in [6, 6.07) is 18.4. The van der Waals surface area contributed by atoms with Gasteiger partial charge in [-0.3, -0.25) is 4.79 Å². The van der Waals surface area contributed by atoms with E-state index < -0.39 is 28.5 Å². The number of amides is 1. The van der Waals surface area contributed by atoms with E-state index >= 15 is 0 Å². The van der Waals surface area contributed by atoms with Gasteiger partial charge in [0.25, 0.3) is 0 Å². The SMILES string of the molecule is C[C@@H](NC(=O)CN(Cc1ccccc1Cl)S(=O)(=O)c1ccc(Br)cc1)c1ccc(F)cc1. The fraction of sp³-hybridized carbons (Fsp3) is 0.174. The van der Waals surface area contributed by atoms with Crippen LogP contribution in [-0.2, 0) is 21.4 Å². The molecule has 0 saturated carbocycles. The summed E-state index contributed by atoms with van der Waals surface area (Å²) < 4.78 is 41.7. The van der Waals surface area contributed by atoms with Crippen LogP contribution in [0.1, 0.15) is 24.1 Å². The van der Waals surface area contributed by atoms with E-state index in [1.807, 2.05) is 0 Å². The Morgan fingerprint density at radius 2 is 1.69 bits per heavy atom. The zero-order valence-corrected chi connectivity index (χ0v) is 20.3. The molecule has 0 fully saturated rings. The van der Waals surface area contributed by atoms with Gasteiger partial charge in [0.15, 0.2) is 0 Å². The molecule has 0 radical (unpaired) electrons. The quantitative estimate of drug-likeness (QED) is 0.422. The van der Waals surface area contributed by atoms with Gasteiger partial charge < -0.3 is 5.32 Å². The van der Waals surface area contributed by atoms with Crippen LogP contribution in [0.5, 0.6) is 0 Å². The van der Waals surface area contributed by atoms with Gasteiger partial charge >= 0.3 is 0 Å². The van der Waals surface area contributed by atoms with Crippen molar-refractivity contribution in [3.8, 4) is 0 Å². The van der Waals surface area contributed by atoms with Gasteiger partial charge in [-0.1, -0.05) is 57.9 Å². The highest BCUT2D eigenvalue weighted by Crippen LogP contribution is 2.24. The average Bonchev–Trinajstić information content (AvgIpc) is 2.75. The molecule has 1 atom stereocenters. The van der Waals surface area contributed by atoms with Gasteiger partial charge in [0.05, 0.1) is 17.5 Å². The molecule has 0 aliphatic heterocycles. The van der Waals surface area contributed by atoms with Gasteiger partial charge in [0.1, 0.15) is 5.82 Å². The molecule has 0 saturated heterocycles. The highest BCUT2D eigenvalue weighted by molar-refractivity contribution is 9.10. The highest BCUT2D eigenvalue weighted by Gasteiger charge is 2.28. The van der Waals surface area contributed by atoms with Gasteiger partial charge in [-0.05, 0) is 60.5 Å². The third-order valence-electron chi connectivity index (χ3n) is 4.82. The van der Waals surface area contributed by atoms with Crippen molar-refractivity contribution in [1.29, 1.82) is 0 Å². The molecule has 3 rings (SSSR count). The molecule has 1 amide bonds. The first kappa shape index (κ1) is 24.4. The molecule has 168 valence electrons. The molecular formula is C23H21BrClFN2O3S. The minimum Gasteiger partial charge on any atom is -0.348 e. The number of nitrogens with one attached hydrogen (secondary N) is 1. The molecular weight excluding hydrogens is 519 g/mol. The van der Waals surface area contributed by atoms with Crippen molar-refractivity contribution in [3.05, 3.63) is 99.2 Å². The normalized spacial score (nSPS) is 12.5. The van der Waals surface area contributed by atoms with Crippen LogP contribution in [0, 0.1) is 5.82 Å². The van der Waals surface area contributed by atoms with Crippen LogP contribution in [-0.4, -0.2) is 25.2 Å². The smallest absolute Gasteiger partial charge is 0.243 e. The van der Waals surface area contributed by atoms with Crippen LogP contribution < -0.4 is 5.32 Å². The summed E-state index contributed by atoms with van der Waals surface area (Å²) >= 11 is 9.53. The molecule has 9 heteroatoms. The molecule has 0 aromatic heterocycles. The van der Waals surface area contributed by atoms with Crippen LogP contribution >= 0.6 is 27.5 Å². The van der Waals surface area contributed by atoms with Crippen LogP contribution in [0.15, 0.2) is 82.2 Å². The predicted octanol–water partition coefficient (Wildman–Crippen LogP) is 5.31. The molecule has 0 heterocycles. The lowest BCUT2D eigenvalue weighted by atomic mass is 10.1. The first-order chi connectivity index (χ1) is 15.2. The monoisotopic (exact) mass is 538 g/mol. The number of nitrogens with zero attached hydrogens (tertiary/aromatic N) is 1. The predicted molar refractivity (Wildman–Crippen MR) is 126 cm³/mol. The maximum atomic E-state index is 13.3. The number of carbonyl (C=O) groups excluding carboxylic acids is 1. The van der Waals surface area contributed by atoms with Crippen molar-refractivity contribution in [2.75, 3.05) is 6.54 Å². The maximum absolute atomic E-state index is 13.3. The minimum atomic E-state index is -3.99. The van der Waals surface area contributed by atoms with Crippen molar-refractivity contribution in [2.45, 2.75) is 24.4 Å². The topological polar surface area (TPSA) is 66.5 Å². The van der Waals surface area contributed by atoms with Gasteiger partial charge in [0.2, 0.25) is 15.9 Å². The van der Waals surface area contributed by atoms with E-state index in [-0.39, 0.29) is 17.3 Å². The molecule has 0 bridgehead atoms. The van der Waals surface area contributed by atoms with E-state index in [1.165, 1.54) is 24.3 Å². The first-order valence-corrected chi connectivity index (χ1v) is 12.3. The van der Waals surface area contributed by atoms with Crippen LogP contribution in [0.25, 0.3) is 0 Å². The Balaban J connectivity index is 1.84. The number of sulfonamides is 1. The van der Waals surface area contributed by atoms with E-state index in [2.05, 4.69) is 21.2 Å². The van der Waals surface area contributed by atoms with E-state index in [0.29, 0.717) is 16.1 Å². The fourth-order valence-electron chi connectivity index (χ4n) is 3.08. The van der Waals surface area contributed by atoms with E-state index in [0.717, 1.165) is 8.78 Å². The average molecular weight is 540 g/mol. The number of benzene rings is 3. The zero-order chi connectivity index (χ0) is 23.3. The number of carbonyl (C=O) groups is 1. The highest BCUT2D eigenvalue weighted by atomic mass is 79.9. The second-order valence-electron chi connectivity index (χ2n) is 7.16. The standard InChI is InChI=1S/C23H21BrClFN2O3S/c1-16(17-6-10-20(26)11-7-17)27-23(29)15-28(14-18-4-2-3-5-22(18)25)32(30,31)21-12-8-19(24)9-13-21/h2-13,16H,14-15H2,1H3,(H,27,29)/t16-/m1/s1. The van der Waals surface area contributed by atoms with Gasteiger partial charge in [-0.15, -0.1) is 0 Å². The summed E-state index contributed by atoms with van der Waals surface area (Å²) in [5, 5.41) is 3.18. The van der Waals surface area contributed by atoms with Crippen molar-refractivity contribution in [3.63, 3.8) is 0 Å².